The average Bonchev–Trinajstić information content (AvgIpc) is 2.30. The van der Waals surface area contributed by atoms with E-state index in [4.69, 9.17) is 5.26 Å². The van der Waals surface area contributed by atoms with Crippen molar-refractivity contribution in [3.8, 4) is 6.07 Å². The fourth-order valence-corrected chi connectivity index (χ4v) is 1.43. The molecule has 0 spiro atoms. The maximum atomic E-state index is 8.88. The number of hydrogen-bond acceptors (Lipinski definition) is 2. The van der Waals surface area contributed by atoms with Gasteiger partial charge in [-0.1, -0.05) is 19.1 Å². The molecule has 16 heavy (non-hydrogen) atoms. The van der Waals surface area contributed by atoms with Crippen molar-refractivity contribution < 1.29 is 0 Å². The predicted molar refractivity (Wildman–Crippen MR) is 68.3 cm³/mol. The van der Waals surface area contributed by atoms with E-state index < -0.39 is 0 Å². The van der Waals surface area contributed by atoms with Gasteiger partial charge in [-0.2, -0.15) is 5.26 Å². The summed E-state index contributed by atoms with van der Waals surface area (Å²) in [7, 11) is 0. The molecule has 0 heterocycles. The molecule has 1 rings (SSSR count). The molecule has 0 bridgehead atoms. The van der Waals surface area contributed by atoms with E-state index in [2.05, 4.69) is 42.6 Å². The van der Waals surface area contributed by atoms with Crippen LogP contribution in [0.2, 0.25) is 0 Å². The minimum Gasteiger partial charge on any atom is -0.385 e. The number of hydrogen-bond donors (Lipinski definition) is 1. The summed E-state index contributed by atoms with van der Waals surface area (Å²) >= 11 is 0. The minimum atomic E-state index is -0.240. The Morgan fingerprint density at radius 1 is 1.25 bits per heavy atom. The largest absolute Gasteiger partial charge is 0.385 e. The molecule has 0 saturated carbocycles. The van der Waals surface area contributed by atoms with Gasteiger partial charge in [-0.3, -0.25) is 0 Å². The topological polar surface area (TPSA) is 35.8 Å². The highest BCUT2D eigenvalue weighted by Crippen LogP contribution is 2.18. The van der Waals surface area contributed by atoms with Gasteiger partial charge in [0, 0.05) is 12.2 Å². The Bertz CT molecular complexity index is 357. The van der Waals surface area contributed by atoms with E-state index in [0.29, 0.717) is 0 Å². The molecule has 0 amide bonds. The number of aryl methyl sites for hydroxylation is 1. The molecule has 0 radical (unpaired) electrons. The molecule has 1 N–H and O–H groups in total. The molecule has 0 atom stereocenters. The highest BCUT2D eigenvalue weighted by Gasteiger charge is 2.15. The quantitative estimate of drug-likeness (QED) is 0.816. The lowest BCUT2D eigenvalue weighted by Gasteiger charge is -2.15. The smallest absolute Gasteiger partial charge is 0.0684 e. The van der Waals surface area contributed by atoms with Crippen molar-refractivity contribution in [3.63, 3.8) is 0 Å². The first-order chi connectivity index (χ1) is 7.57. The Morgan fingerprint density at radius 3 is 2.38 bits per heavy atom. The van der Waals surface area contributed by atoms with Crippen LogP contribution in [0.1, 0.15) is 32.8 Å². The first-order valence-corrected chi connectivity index (χ1v) is 5.81. The van der Waals surface area contributed by atoms with Crippen LogP contribution in [0.15, 0.2) is 24.3 Å². The van der Waals surface area contributed by atoms with Crippen LogP contribution in [-0.4, -0.2) is 6.54 Å². The monoisotopic (exact) mass is 216 g/mol. The van der Waals surface area contributed by atoms with Gasteiger partial charge in [0.05, 0.1) is 11.5 Å². The van der Waals surface area contributed by atoms with E-state index in [1.807, 2.05) is 13.8 Å². The summed E-state index contributed by atoms with van der Waals surface area (Å²) in [6, 6.07) is 10.8. The predicted octanol–water partition coefficient (Wildman–Crippen LogP) is 3.60. The highest BCUT2D eigenvalue weighted by atomic mass is 14.9. The fraction of sp³-hybridized carbons (Fsp3) is 0.500. The van der Waals surface area contributed by atoms with Crippen LogP contribution >= 0.6 is 0 Å². The van der Waals surface area contributed by atoms with E-state index >= 15 is 0 Å². The lowest BCUT2D eigenvalue weighted by atomic mass is 9.91. The second-order valence-electron chi connectivity index (χ2n) is 4.72. The number of anilines is 1. The number of nitrogens with zero attached hydrogens (tertiary/aromatic N) is 1. The number of benzene rings is 1. The Labute approximate surface area is 98.3 Å². The molecule has 0 saturated heterocycles. The SMILES string of the molecule is CCc1ccc(NCCC(C)(C)C#N)cc1. The van der Waals surface area contributed by atoms with Gasteiger partial charge in [0.2, 0.25) is 0 Å². The van der Waals surface area contributed by atoms with Gasteiger partial charge < -0.3 is 5.32 Å². The molecular formula is C14H20N2. The summed E-state index contributed by atoms with van der Waals surface area (Å²) in [6.07, 6.45) is 1.93. The highest BCUT2D eigenvalue weighted by molar-refractivity contribution is 5.44. The third kappa shape index (κ3) is 3.94. The van der Waals surface area contributed by atoms with Crippen molar-refractivity contribution in [3.05, 3.63) is 29.8 Å². The molecule has 0 aliphatic rings. The second kappa shape index (κ2) is 5.55. The van der Waals surface area contributed by atoms with Crippen molar-refractivity contribution in [1.82, 2.24) is 0 Å². The van der Waals surface area contributed by atoms with E-state index in [9.17, 15) is 0 Å². The molecule has 0 fully saturated rings. The minimum absolute atomic E-state index is 0.240. The van der Waals surface area contributed by atoms with Crippen molar-refractivity contribution in [2.24, 2.45) is 5.41 Å². The molecule has 2 nitrogen and oxygen atoms in total. The zero-order valence-electron chi connectivity index (χ0n) is 10.4. The summed E-state index contributed by atoms with van der Waals surface area (Å²) < 4.78 is 0. The third-order valence-corrected chi connectivity index (χ3v) is 2.74. The molecule has 0 aliphatic carbocycles. The number of nitriles is 1. The molecule has 2 heteroatoms. The van der Waals surface area contributed by atoms with Crippen LogP contribution < -0.4 is 5.32 Å². The lowest BCUT2D eigenvalue weighted by Crippen LogP contribution is -2.14. The van der Waals surface area contributed by atoms with Crippen molar-refractivity contribution in [2.45, 2.75) is 33.6 Å². The van der Waals surface area contributed by atoms with Crippen molar-refractivity contribution in [2.75, 3.05) is 11.9 Å². The maximum Gasteiger partial charge on any atom is 0.0684 e. The molecular weight excluding hydrogens is 196 g/mol. The van der Waals surface area contributed by atoms with Gasteiger partial charge in [-0.15, -0.1) is 0 Å². The zero-order valence-corrected chi connectivity index (χ0v) is 10.4. The summed E-state index contributed by atoms with van der Waals surface area (Å²) in [6.45, 7) is 6.92. The first-order valence-electron chi connectivity index (χ1n) is 5.81. The van der Waals surface area contributed by atoms with Crippen LogP contribution in [0.25, 0.3) is 0 Å². The fourth-order valence-electron chi connectivity index (χ4n) is 1.43. The van der Waals surface area contributed by atoms with Crippen LogP contribution in [0, 0.1) is 16.7 Å². The van der Waals surface area contributed by atoms with Crippen molar-refractivity contribution in [1.29, 1.82) is 5.26 Å². The molecule has 1 aromatic rings. The molecule has 0 aliphatic heterocycles. The van der Waals surface area contributed by atoms with Gasteiger partial charge in [0.25, 0.3) is 0 Å². The standard InChI is InChI=1S/C14H20N2/c1-4-12-5-7-13(8-6-12)16-10-9-14(2,3)11-15/h5-8,16H,4,9-10H2,1-3H3. The lowest BCUT2D eigenvalue weighted by molar-refractivity contribution is 0.466. The Hall–Kier alpha value is -1.49. The maximum absolute atomic E-state index is 8.88. The summed E-state index contributed by atoms with van der Waals surface area (Å²) in [4.78, 5) is 0. The normalized spacial score (nSPS) is 10.9. The Kier molecular flexibility index (Phi) is 4.37. The Morgan fingerprint density at radius 2 is 1.88 bits per heavy atom. The van der Waals surface area contributed by atoms with E-state index in [0.717, 1.165) is 25.1 Å². The van der Waals surface area contributed by atoms with Gasteiger partial charge in [0.1, 0.15) is 0 Å². The third-order valence-electron chi connectivity index (χ3n) is 2.74. The average molecular weight is 216 g/mol. The van der Waals surface area contributed by atoms with Crippen LogP contribution in [0.5, 0.6) is 0 Å². The van der Waals surface area contributed by atoms with Gasteiger partial charge in [-0.05, 0) is 44.4 Å². The van der Waals surface area contributed by atoms with E-state index in [1.54, 1.807) is 0 Å². The molecule has 86 valence electrons. The van der Waals surface area contributed by atoms with E-state index in [1.165, 1.54) is 5.56 Å². The van der Waals surface area contributed by atoms with Crippen LogP contribution in [0.4, 0.5) is 5.69 Å². The van der Waals surface area contributed by atoms with Crippen molar-refractivity contribution >= 4 is 5.69 Å². The Balaban J connectivity index is 2.41. The summed E-state index contributed by atoms with van der Waals surface area (Å²) in [5.41, 5.74) is 2.24. The molecule has 0 unspecified atom stereocenters. The molecule has 1 aromatic carbocycles. The van der Waals surface area contributed by atoms with Gasteiger partial charge in [-0.25, -0.2) is 0 Å². The number of rotatable bonds is 5. The second-order valence-corrected chi connectivity index (χ2v) is 4.72. The summed E-state index contributed by atoms with van der Waals surface area (Å²) in [5, 5.41) is 12.2. The molecule has 0 aromatic heterocycles. The zero-order chi connectivity index (χ0) is 12.0. The first kappa shape index (κ1) is 12.6. The summed E-state index contributed by atoms with van der Waals surface area (Å²) in [5.74, 6) is 0. The van der Waals surface area contributed by atoms with Crippen LogP contribution in [0.3, 0.4) is 0 Å². The number of nitrogens with one attached hydrogen (secondary N) is 1. The van der Waals surface area contributed by atoms with Crippen LogP contribution in [-0.2, 0) is 6.42 Å². The van der Waals surface area contributed by atoms with Gasteiger partial charge >= 0.3 is 0 Å². The van der Waals surface area contributed by atoms with Gasteiger partial charge in [0.15, 0.2) is 0 Å². The van der Waals surface area contributed by atoms with E-state index in [-0.39, 0.29) is 5.41 Å².